The fourth-order valence-corrected chi connectivity index (χ4v) is 2.18. The highest BCUT2D eigenvalue weighted by Crippen LogP contribution is 2.15. The summed E-state index contributed by atoms with van der Waals surface area (Å²) >= 11 is 0. The fraction of sp³-hybridized carbons (Fsp3) is 0.353. The van der Waals surface area contributed by atoms with Crippen molar-refractivity contribution in [3.05, 3.63) is 48.0 Å². The van der Waals surface area contributed by atoms with Crippen LogP contribution in [-0.4, -0.2) is 18.5 Å². The van der Waals surface area contributed by atoms with E-state index in [-0.39, 0.29) is 11.9 Å². The van der Waals surface area contributed by atoms with Gasteiger partial charge in [0.2, 0.25) is 5.91 Å². The summed E-state index contributed by atoms with van der Waals surface area (Å²) in [6.45, 7) is 5.44. The van der Waals surface area contributed by atoms with E-state index in [4.69, 9.17) is 0 Å². The van der Waals surface area contributed by atoms with Gasteiger partial charge < -0.3 is 10.6 Å². The number of nitrogens with one attached hydrogen (secondary N) is 2. The summed E-state index contributed by atoms with van der Waals surface area (Å²) in [5.74, 6) is 0.103. The van der Waals surface area contributed by atoms with Crippen LogP contribution < -0.4 is 10.6 Å². The molecular weight excluding hydrogens is 248 g/mol. The second kappa shape index (κ2) is 7.06. The Morgan fingerprint density at radius 3 is 2.60 bits per heavy atom. The first-order valence-corrected chi connectivity index (χ1v) is 7.13. The molecule has 0 radical (unpaired) electrons. The van der Waals surface area contributed by atoms with Gasteiger partial charge >= 0.3 is 0 Å². The van der Waals surface area contributed by atoms with Crippen LogP contribution in [-0.2, 0) is 11.3 Å². The summed E-state index contributed by atoms with van der Waals surface area (Å²) in [6, 6.07) is 15.0. The van der Waals surface area contributed by atoms with Crippen LogP contribution in [0.15, 0.2) is 42.5 Å². The van der Waals surface area contributed by atoms with Crippen molar-refractivity contribution in [2.24, 2.45) is 0 Å². The molecule has 106 valence electrons. The van der Waals surface area contributed by atoms with Crippen LogP contribution in [0.5, 0.6) is 0 Å². The first kappa shape index (κ1) is 14.5. The summed E-state index contributed by atoms with van der Waals surface area (Å²) in [4.78, 5) is 11.5. The van der Waals surface area contributed by atoms with Gasteiger partial charge in [-0.05, 0) is 36.2 Å². The average molecular weight is 270 g/mol. The smallest absolute Gasteiger partial charge is 0.221 e. The van der Waals surface area contributed by atoms with Gasteiger partial charge in [0.15, 0.2) is 0 Å². The molecule has 0 fully saturated rings. The predicted molar refractivity (Wildman–Crippen MR) is 83.6 cm³/mol. The molecule has 0 bridgehead atoms. The lowest BCUT2D eigenvalue weighted by molar-refractivity contribution is -0.121. The normalized spacial score (nSPS) is 10.9. The first-order valence-electron chi connectivity index (χ1n) is 7.13. The van der Waals surface area contributed by atoms with Crippen molar-refractivity contribution in [3.8, 4) is 0 Å². The van der Waals surface area contributed by atoms with Gasteiger partial charge in [-0.15, -0.1) is 0 Å². The summed E-state index contributed by atoms with van der Waals surface area (Å²) in [5.41, 5.74) is 1.24. The van der Waals surface area contributed by atoms with Crippen LogP contribution in [0.2, 0.25) is 0 Å². The van der Waals surface area contributed by atoms with E-state index in [1.54, 1.807) is 0 Å². The molecule has 0 aliphatic rings. The molecule has 0 aliphatic carbocycles. The van der Waals surface area contributed by atoms with E-state index in [9.17, 15) is 4.79 Å². The molecule has 2 rings (SSSR count). The van der Waals surface area contributed by atoms with Crippen LogP contribution in [0.4, 0.5) is 0 Å². The molecule has 2 aromatic carbocycles. The molecule has 0 spiro atoms. The summed E-state index contributed by atoms with van der Waals surface area (Å²) < 4.78 is 0. The van der Waals surface area contributed by atoms with Gasteiger partial charge in [-0.1, -0.05) is 36.4 Å². The Kier molecular flexibility index (Phi) is 5.13. The summed E-state index contributed by atoms with van der Waals surface area (Å²) in [6.07, 6.45) is 0.520. The van der Waals surface area contributed by atoms with E-state index in [2.05, 4.69) is 47.0 Å². The molecular formula is C17H22N2O. The van der Waals surface area contributed by atoms with Gasteiger partial charge in [-0.2, -0.15) is 0 Å². The van der Waals surface area contributed by atoms with Gasteiger partial charge in [0.05, 0.1) is 0 Å². The highest BCUT2D eigenvalue weighted by atomic mass is 16.1. The lowest BCUT2D eigenvalue weighted by Gasteiger charge is -2.09. The molecule has 2 N–H and O–H groups in total. The summed E-state index contributed by atoms with van der Waals surface area (Å²) in [7, 11) is 0. The van der Waals surface area contributed by atoms with E-state index in [1.165, 1.54) is 16.3 Å². The highest BCUT2D eigenvalue weighted by Gasteiger charge is 2.02. The third-order valence-electron chi connectivity index (χ3n) is 3.12. The van der Waals surface area contributed by atoms with Crippen molar-refractivity contribution in [3.63, 3.8) is 0 Å². The molecule has 20 heavy (non-hydrogen) atoms. The lowest BCUT2D eigenvalue weighted by atomic mass is 10.1. The van der Waals surface area contributed by atoms with Crippen molar-refractivity contribution in [2.45, 2.75) is 32.9 Å². The van der Waals surface area contributed by atoms with Crippen molar-refractivity contribution in [1.29, 1.82) is 0 Å². The van der Waals surface area contributed by atoms with Crippen LogP contribution in [0.3, 0.4) is 0 Å². The summed E-state index contributed by atoms with van der Waals surface area (Å²) in [5, 5.41) is 8.71. The number of hydrogen-bond donors (Lipinski definition) is 2. The topological polar surface area (TPSA) is 41.1 Å². The molecule has 0 aromatic heterocycles. The Labute approximate surface area is 120 Å². The molecule has 1 amide bonds. The molecule has 0 saturated heterocycles. The van der Waals surface area contributed by atoms with E-state index in [0.29, 0.717) is 13.0 Å². The first-order chi connectivity index (χ1) is 9.65. The van der Waals surface area contributed by atoms with Crippen molar-refractivity contribution >= 4 is 16.7 Å². The number of carbonyl (C=O) groups is 1. The Morgan fingerprint density at radius 1 is 1.10 bits per heavy atom. The van der Waals surface area contributed by atoms with Crippen molar-refractivity contribution < 1.29 is 4.79 Å². The Balaban J connectivity index is 1.79. The number of amides is 1. The van der Waals surface area contributed by atoms with E-state index in [1.807, 2.05) is 19.9 Å². The zero-order valence-electron chi connectivity index (χ0n) is 12.1. The van der Waals surface area contributed by atoms with Crippen LogP contribution >= 0.6 is 0 Å². The fourth-order valence-electron chi connectivity index (χ4n) is 2.18. The van der Waals surface area contributed by atoms with Crippen molar-refractivity contribution in [2.75, 3.05) is 6.54 Å². The minimum absolute atomic E-state index is 0.103. The molecule has 0 heterocycles. The maximum absolute atomic E-state index is 11.5. The van der Waals surface area contributed by atoms with E-state index in [0.717, 1.165) is 6.54 Å². The lowest BCUT2D eigenvalue weighted by Crippen LogP contribution is -2.32. The number of hydrogen-bond acceptors (Lipinski definition) is 2. The molecule has 0 saturated carbocycles. The minimum atomic E-state index is 0.103. The number of rotatable bonds is 6. The van der Waals surface area contributed by atoms with Gasteiger partial charge in [0.25, 0.3) is 0 Å². The third-order valence-corrected chi connectivity index (χ3v) is 3.12. The Morgan fingerprint density at radius 2 is 1.85 bits per heavy atom. The molecule has 3 heteroatoms. The van der Waals surface area contributed by atoms with E-state index >= 15 is 0 Å². The zero-order valence-corrected chi connectivity index (χ0v) is 12.1. The van der Waals surface area contributed by atoms with Crippen LogP contribution in [0, 0.1) is 0 Å². The Bertz CT molecular complexity index is 578. The molecule has 3 nitrogen and oxygen atoms in total. The number of carbonyl (C=O) groups excluding carboxylic acids is 1. The monoisotopic (exact) mass is 270 g/mol. The largest absolute Gasteiger partial charge is 0.354 e. The quantitative estimate of drug-likeness (QED) is 0.793. The third kappa shape index (κ3) is 4.35. The maximum Gasteiger partial charge on any atom is 0.221 e. The van der Waals surface area contributed by atoms with Gasteiger partial charge in [0.1, 0.15) is 0 Å². The minimum Gasteiger partial charge on any atom is -0.354 e. The SMILES string of the molecule is CC(C)NC(=O)CCNCc1ccc2ccccc2c1. The van der Waals surface area contributed by atoms with E-state index < -0.39 is 0 Å². The second-order valence-corrected chi connectivity index (χ2v) is 5.33. The van der Waals surface area contributed by atoms with Crippen LogP contribution in [0.25, 0.3) is 10.8 Å². The molecule has 0 aliphatic heterocycles. The molecule has 2 aromatic rings. The van der Waals surface area contributed by atoms with Gasteiger partial charge in [-0.25, -0.2) is 0 Å². The standard InChI is InChI=1S/C17H22N2O/c1-13(2)19-17(20)9-10-18-12-14-7-8-15-5-3-4-6-16(15)11-14/h3-8,11,13,18H,9-10,12H2,1-2H3,(H,19,20). The molecule has 0 unspecified atom stereocenters. The highest BCUT2D eigenvalue weighted by molar-refractivity contribution is 5.83. The number of benzene rings is 2. The average Bonchev–Trinajstić information content (AvgIpc) is 2.43. The number of fused-ring (bicyclic) bond motifs is 1. The molecule has 0 atom stereocenters. The maximum atomic E-state index is 11.5. The van der Waals surface area contributed by atoms with Crippen molar-refractivity contribution in [1.82, 2.24) is 10.6 Å². The second-order valence-electron chi connectivity index (χ2n) is 5.33. The van der Waals surface area contributed by atoms with Gasteiger partial charge in [0, 0.05) is 25.6 Å². The van der Waals surface area contributed by atoms with Gasteiger partial charge in [-0.3, -0.25) is 4.79 Å². The van der Waals surface area contributed by atoms with Crippen LogP contribution in [0.1, 0.15) is 25.8 Å². The predicted octanol–water partition coefficient (Wildman–Crippen LogP) is 2.84. The zero-order chi connectivity index (χ0) is 14.4. The Hall–Kier alpha value is -1.87.